The van der Waals surface area contributed by atoms with Crippen LogP contribution in [0.5, 0.6) is 0 Å². The molecule has 0 heterocycles. The molecule has 9 rings (SSSR count). The van der Waals surface area contributed by atoms with Crippen molar-refractivity contribution in [3.63, 3.8) is 0 Å². The van der Waals surface area contributed by atoms with Gasteiger partial charge in [0, 0.05) is 0 Å². The van der Waals surface area contributed by atoms with E-state index in [1.807, 2.05) is 69.2 Å². The molecule has 0 aliphatic heterocycles. The number of hydrogen-bond acceptors (Lipinski definition) is 0. The van der Waals surface area contributed by atoms with Crippen molar-refractivity contribution in [2.75, 3.05) is 0 Å². The van der Waals surface area contributed by atoms with Gasteiger partial charge in [0.05, 0.1) is 0 Å². The Morgan fingerprint density at radius 1 is 0.109 bits per heavy atom. The van der Waals surface area contributed by atoms with Crippen LogP contribution in [0.3, 0.4) is 0 Å². The molecule has 0 fully saturated rings. The summed E-state index contributed by atoms with van der Waals surface area (Å²) in [5.74, 6) is 0. The predicted octanol–water partition coefficient (Wildman–Crippen LogP) is 20.2. The third-order valence-corrected chi connectivity index (χ3v) is 10.4. The van der Waals surface area contributed by atoms with Crippen molar-refractivity contribution in [3.8, 4) is 89.0 Å². The summed E-state index contributed by atoms with van der Waals surface area (Å²) in [5.41, 5.74) is 19.6. The molecule has 9 aromatic rings. The van der Waals surface area contributed by atoms with Crippen molar-refractivity contribution in [2.45, 2.75) is 69.2 Å². The van der Waals surface area contributed by atoms with Gasteiger partial charge in [-0.3, -0.25) is 0 Å². The zero-order valence-electron chi connectivity index (χ0n) is 39.9. The van der Waals surface area contributed by atoms with Crippen LogP contribution in [0.15, 0.2) is 231 Å². The standard InChI is InChI=1S/C54H38.5C2H6/c1-3-7-39(8-4-1)41-11-15-43(16-12-41)45-19-23-47(24-20-45)49-27-31-51(32-28-49)53-35-37-54(38-36-53)52-33-29-50(30-34-52)48-25-21-46(22-26-48)44-17-13-42(14-18-44)40-9-5-2-6-10-40;5*1-2/h1-38H;5*1-2H3. The largest absolute Gasteiger partial charge is 0.0683 e. The molecular formula is C64H68. The van der Waals surface area contributed by atoms with E-state index in [9.17, 15) is 0 Å². The van der Waals surface area contributed by atoms with E-state index in [0.29, 0.717) is 0 Å². The average Bonchev–Trinajstić information content (AvgIpc) is 3.42. The molecule has 0 radical (unpaired) electrons. The van der Waals surface area contributed by atoms with Gasteiger partial charge in [0.1, 0.15) is 0 Å². The molecule has 0 aliphatic carbocycles. The highest BCUT2D eigenvalue weighted by Gasteiger charge is 2.07. The Morgan fingerprint density at radius 3 is 0.281 bits per heavy atom. The first-order valence-corrected chi connectivity index (χ1v) is 23.6. The SMILES string of the molecule is CC.CC.CC.CC.CC.c1ccc(-c2ccc(-c3ccc(-c4ccc(-c5ccc(-c6ccc(-c7ccc(-c8ccc(-c9ccccc9)cc8)cc7)cc6)cc5)cc4)cc3)cc2)cc1. The average molecular weight is 837 g/mol. The number of hydrogen-bond donors (Lipinski definition) is 0. The molecule has 64 heavy (non-hydrogen) atoms. The Morgan fingerprint density at radius 2 is 0.188 bits per heavy atom. The molecule has 324 valence electrons. The minimum Gasteiger partial charge on any atom is -0.0683 e. The van der Waals surface area contributed by atoms with Gasteiger partial charge in [-0.2, -0.15) is 0 Å². The monoisotopic (exact) mass is 837 g/mol. The summed E-state index contributed by atoms with van der Waals surface area (Å²) in [6.07, 6.45) is 0. The molecule has 0 heteroatoms. The lowest BCUT2D eigenvalue weighted by Gasteiger charge is -2.09. The van der Waals surface area contributed by atoms with Gasteiger partial charge in [-0.25, -0.2) is 0 Å². The van der Waals surface area contributed by atoms with Crippen LogP contribution in [-0.4, -0.2) is 0 Å². The van der Waals surface area contributed by atoms with Crippen molar-refractivity contribution in [1.82, 2.24) is 0 Å². The smallest absolute Gasteiger partial charge is 0.0184 e. The van der Waals surface area contributed by atoms with Crippen LogP contribution in [0.25, 0.3) is 89.0 Å². The molecule has 9 aromatic carbocycles. The number of rotatable bonds is 8. The second kappa shape index (κ2) is 27.1. The Labute approximate surface area is 387 Å². The van der Waals surface area contributed by atoms with Crippen molar-refractivity contribution in [3.05, 3.63) is 231 Å². The van der Waals surface area contributed by atoms with Crippen molar-refractivity contribution in [2.24, 2.45) is 0 Å². The highest BCUT2D eigenvalue weighted by molar-refractivity contribution is 5.78. The van der Waals surface area contributed by atoms with Crippen LogP contribution in [0.1, 0.15) is 69.2 Å². The third-order valence-electron chi connectivity index (χ3n) is 10.4. The fourth-order valence-corrected chi connectivity index (χ4v) is 7.25. The molecule has 0 N–H and O–H groups in total. The van der Waals surface area contributed by atoms with E-state index in [1.54, 1.807) is 0 Å². The lowest BCUT2D eigenvalue weighted by Crippen LogP contribution is -1.84. The van der Waals surface area contributed by atoms with Crippen LogP contribution in [-0.2, 0) is 0 Å². The minimum atomic E-state index is 1.21. The maximum Gasteiger partial charge on any atom is -0.0184 e. The summed E-state index contributed by atoms with van der Waals surface area (Å²) in [4.78, 5) is 0. The lowest BCUT2D eigenvalue weighted by molar-refractivity contribution is 1.50. The van der Waals surface area contributed by atoms with E-state index in [-0.39, 0.29) is 0 Å². The second-order valence-electron chi connectivity index (χ2n) is 13.8. The van der Waals surface area contributed by atoms with Gasteiger partial charge in [-0.1, -0.05) is 300 Å². The zero-order chi connectivity index (χ0) is 46.1. The Bertz CT molecular complexity index is 2390. The molecule has 0 aliphatic rings. The van der Waals surface area contributed by atoms with Crippen molar-refractivity contribution in [1.29, 1.82) is 0 Å². The lowest BCUT2D eigenvalue weighted by atomic mass is 9.95. The third kappa shape index (κ3) is 13.0. The van der Waals surface area contributed by atoms with Crippen LogP contribution >= 0.6 is 0 Å². The van der Waals surface area contributed by atoms with Crippen molar-refractivity contribution < 1.29 is 0 Å². The van der Waals surface area contributed by atoms with Crippen LogP contribution in [0.4, 0.5) is 0 Å². The molecule has 0 spiro atoms. The summed E-state index contributed by atoms with van der Waals surface area (Å²) in [5, 5.41) is 0. The van der Waals surface area contributed by atoms with Crippen LogP contribution in [0.2, 0.25) is 0 Å². The molecular weight excluding hydrogens is 769 g/mol. The normalized spacial score (nSPS) is 9.72. The van der Waals surface area contributed by atoms with Gasteiger partial charge in [-0.05, 0) is 89.0 Å². The van der Waals surface area contributed by atoms with Gasteiger partial charge in [-0.15, -0.1) is 0 Å². The van der Waals surface area contributed by atoms with E-state index in [4.69, 9.17) is 0 Å². The first-order valence-electron chi connectivity index (χ1n) is 23.6. The molecule has 0 amide bonds. The quantitative estimate of drug-likeness (QED) is 0.143. The molecule has 0 unspecified atom stereocenters. The first-order chi connectivity index (χ1) is 31.7. The first kappa shape index (κ1) is 49.6. The minimum absolute atomic E-state index is 1.21. The van der Waals surface area contributed by atoms with Gasteiger partial charge in [0.15, 0.2) is 0 Å². The van der Waals surface area contributed by atoms with E-state index >= 15 is 0 Å². The van der Waals surface area contributed by atoms with E-state index in [1.165, 1.54) is 89.0 Å². The Hall–Kier alpha value is -7.02. The summed E-state index contributed by atoms with van der Waals surface area (Å²) in [7, 11) is 0. The fourth-order valence-electron chi connectivity index (χ4n) is 7.25. The van der Waals surface area contributed by atoms with Crippen LogP contribution in [0, 0.1) is 0 Å². The molecule has 0 atom stereocenters. The van der Waals surface area contributed by atoms with Gasteiger partial charge in [0.2, 0.25) is 0 Å². The topological polar surface area (TPSA) is 0 Å². The van der Waals surface area contributed by atoms with Crippen molar-refractivity contribution >= 4 is 0 Å². The summed E-state index contributed by atoms with van der Waals surface area (Å²) < 4.78 is 0. The van der Waals surface area contributed by atoms with E-state index < -0.39 is 0 Å². The van der Waals surface area contributed by atoms with Gasteiger partial charge in [0.25, 0.3) is 0 Å². The van der Waals surface area contributed by atoms with Gasteiger partial charge >= 0.3 is 0 Å². The molecule has 0 nitrogen and oxygen atoms in total. The zero-order valence-corrected chi connectivity index (χ0v) is 39.9. The molecule has 0 bridgehead atoms. The Kier molecular flexibility index (Phi) is 21.0. The van der Waals surface area contributed by atoms with Gasteiger partial charge < -0.3 is 0 Å². The maximum absolute atomic E-state index is 2.22. The highest BCUT2D eigenvalue weighted by Crippen LogP contribution is 2.32. The number of benzene rings is 9. The molecule has 0 saturated heterocycles. The highest BCUT2D eigenvalue weighted by atomic mass is 14.1. The summed E-state index contributed by atoms with van der Waals surface area (Å²) in [6.45, 7) is 20.0. The van der Waals surface area contributed by atoms with E-state index in [0.717, 1.165) is 0 Å². The fraction of sp³-hybridized carbons (Fsp3) is 0.156. The second-order valence-corrected chi connectivity index (χ2v) is 13.8. The van der Waals surface area contributed by atoms with Crippen LogP contribution < -0.4 is 0 Å². The summed E-state index contributed by atoms with van der Waals surface area (Å²) in [6, 6.07) is 83.1. The molecule has 0 saturated carbocycles. The Balaban J connectivity index is 0.000000842. The van der Waals surface area contributed by atoms with E-state index in [2.05, 4.69) is 231 Å². The summed E-state index contributed by atoms with van der Waals surface area (Å²) >= 11 is 0. The molecule has 0 aromatic heterocycles. The maximum atomic E-state index is 2.22. The predicted molar refractivity (Wildman–Crippen MR) is 287 cm³/mol.